The molecule has 0 aromatic rings. The van der Waals surface area contributed by atoms with Gasteiger partial charge in [-0.05, 0) is 8.88 Å². The average molecular weight is 278 g/mol. The molecule has 8 heteroatoms. The van der Waals surface area contributed by atoms with E-state index >= 15 is 0 Å². The monoisotopic (exact) mass is 278 g/mol. The summed E-state index contributed by atoms with van der Waals surface area (Å²) in [6, 6.07) is 0. The molecule has 72 valence electrons. The summed E-state index contributed by atoms with van der Waals surface area (Å²) in [7, 11) is 4.16. The molecule has 0 spiro atoms. The number of rotatable bonds is 2. The zero-order valence-electron chi connectivity index (χ0n) is 7.42. The van der Waals surface area contributed by atoms with Crippen LogP contribution in [-0.2, 0) is 24.5 Å². The average Bonchev–Trinajstić information content (AvgIpc) is 2.13. The Morgan fingerprint density at radius 2 is 1.17 bits per heavy atom. The first kappa shape index (κ1) is 12.3. The fourth-order valence-corrected chi connectivity index (χ4v) is 22.4. The second-order valence-corrected chi connectivity index (χ2v) is 17.7. The normalized spacial score (nSPS) is 44.5. The summed E-state index contributed by atoms with van der Waals surface area (Å²) in [5.41, 5.74) is 0. The lowest BCUT2D eigenvalue weighted by atomic mass is 11.6. The van der Waals surface area contributed by atoms with Crippen LogP contribution in [0.3, 0.4) is 0 Å². The fourth-order valence-electron chi connectivity index (χ4n) is 1.10. The Hall–Kier alpha value is 2.18. The molecule has 0 aromatic heterocycles. The van der Waals surface area contributed by atoms with Gasteiger partial charge >= 0.3 is 0 Å². The molecule has 1 aliphatic heterocycles. The summed E-state index contributed by atoms with van der Waals surface area (Å²) in [6.45, 7) is 0. The third kappa shape index (κ3) is 1.47. The van der Waals surface area contributed by atoms with Crippen LogP contribution >= 0.6 is 34.7 Å². The molecule has 0 amide bonds. The Morgan fingerprint density at radius 3 is 1.33 bits per heavy atom. The first-order valence-electron chi connectivity index (χ1n) is 3.24. The van der Waals surface area contributed by atoms with E-state index in [1.165, 1.54) is 0 Å². The molecule has 0 radical (unpaired) electrons. The summed E-state index contributed by atoms with van der Waals surface area (Å²) in [6.07, 6.45) is 4.15. The molecule has 0 unspecified atom stereocenters. The maximum atomic E-state index is 5.57. The summed E-state index contributed by atoms with van der Waals surface area (Å²) >= 11 is 14.7. The molecule has 1 saturated heterocycles. The van der Waals surface area contributed by atoms with Crippen LogP contribution in [0.1, 0.15) is 0 Å². The lowest BCUT2D eigenvalue weighted by Crippen LogP contribution is -2.40. The van der Waals surface area contributed by atoms with Gasteiger partial charge in [0.05, 0.1) is 14.1 Å². The molecule has 12 heavy (non-hydrogen) atoms. The lowest BCUT2D eigenvalue weighted by Gasteiger charge is -2.59. The molecule has 1 aliphatic rings. The van der Waals surface area contributed by atoms with Gasteiger partial charge in [-0.3, -0.25) is 0 Å². The Morgan fingerprint density at radius 1 is 0.917 bits per heavy atom. The van der Waals surface area contributed by atoms with Gasteiger partial charge in [0.1, 0.15) is 0 Å². The van der Waals surface area contributed by atoms with E-state index in [2.05, 4.69) is 35.5 Å². The third-order valence-electron chi connectivity index (χ3n) is 1.94. The molecule has 0 N–H and O–H groups in total. The van der Waals surface area contributed by atoms with Gasteiger partial charge in [0, 0.05) is 35.3 Å². The fraction of sp³-hybridized carbons (Fsp3) is 1.00. The molecular formula is C4H12N2P2S4. The van der Waals surface area contributed by atoms with Crippen molar-refractivity contribution < 1.29 is 0 Å². The van der Waals surface area contributed by atoms with Gasteiger partial charge in [0.15, 0.2) is 11.9 Å². The van der Waals surface area contributed by atoms with Crippen molar-refractivity contribution in [3.05, 3.63) is 0 Å². The highest BCUT2D eigenvalue weighted by Gasteiger charge is 2.66. The second kappa shape index (κ2) is 3.97. The van der Waals surface area contributed by atoms with Crippen molar-refractivity contribution in [2.75, 3.05) is 26.6 Å². The van der Waals surface area contributed by atoms with Crippen molar-refractivity contribution in [2.24, 2.45) is 0 Å². The van der Waals surface area contributed by atoms with E-state index in [0.717, 1.165) is 0 Å². The van der Waals surface area contributed by atoms with Crippen LogP contribution in [0.4, 0.5) is 0 Å². The maximum absolute atomic E-state index is 5.57. The van der Waals surface area contributed by atoms with Gasteiger partial charge in [0.25, 0.3) is 0 Å². The van der Waals surface area contributed by atoms with E-state index in [1.807, 2.05) is 0 Å². The van der Waals surface area contributed by atoms with Crippen LogP contribution in [0.5, 0.6) is 0 Å². The van der Waals surface area contributed by atoms with Crippen molar-refractivity contribution in [1.82, 2.24) is 8.88 Å². The summed E-state index contributed by atoms with van der Waals surface area (Å²) in [5.74, 6) is -2.91. The topological polar surface area (TPSA) is 6.48 Å². The van der Waals surface area contributed by atoms with E-state index in [4.69, 9.17) is 24.5 Å². The minimum absolute atomic E-state index is 1.45. The number of hydrogen-bond acceptors (Lipinski definition) is 6. The van der Waals surface area contributed by atoms with Crippen LogP contribution in [0.25, 0.3) is 0 Å². The van der Waals surface area contributed by atoms with Crippen molar-refractivity contribution in [3.8, 4) is 0 Å². The highest BCUT2D eigenvalue weighted by Crippen LogP contribution is 3.01. The highest BCUT2D eigenvalue weighted by atomic mass is 33.1. The van der Waals surface area contributed by atoms with Crippen molar-refractivity contribution in [1.29, 1.82) is 0 Å². The van der Waals surface area contributed by atoms with Crippen LogP contribution in [0.15, 0.2) is 0 Å². The van der Waals surface area contributed by atoms with Gasteiger partial charge in [-0.25, -0.2) is 0 Å². The molecule has 1 heterocycles. The summed E-state index contributed by atoms with van der Waals surface area (Å²) in [4.78, 5) is 0. The van der Waals surface area contributed by atoms with E-state index < -0.39 is 11.9 Å². The van der Waals surface area contributed by atoms with E-state index in [9.17, 15) is 0 Å². The molecule has 0 atom stereocenters. The van der Waals surface area contributed by atoms with Crippen molar-refractivity contribution >= 4 is 59.2 Å². The molecule has 0 aromatic carbocycles. The summed E-state index contributed by atoms with van der Waals surface area (Å²) < 4.78 is 4.53. The van der Waals surface area contributed by atoms with E-state index in [0.29, 0.717) is 0 Å². The molecule has 1 rings (SSSR count). The molecule has 0 bridgehead atoms. The van der Waals surface area contributed by atoms with E-state index in [1.54, 1.807) is 22.8 Å². The molecular weight excluding hydrogens is 266 g/mol. The van der Waals surface area contributed by atoms with Crippen LogP contribution < -0.4 is 0 Å². The largest absolute Gasteiger partial charge is 0.498 e. The zero-order valence-corrected chi connectivity index (χ0v) is 12.5. The van der Waals surface area contributed by atoms with E-state index in [-0.39, 0.29) is 0 Å². The summed E-state index contributed by atoms with van der Waals surface area (Å²) in [5, 5.41) is 0. The van der Waals surface area contributed by atoms with Gasteiger partial charge in [-0.1, -0.05) is 0 Å². The molecule has 0 aliphatic carbocycles. The first-order valence-corrected chi connectivity index (χ1v) is 12.3. The van der Waals surface area contributed by atoms with Gasteiger partial charge in [0.2, 0.25) is 0 Å². The van der Waals surface area contributed by atoms with Crippen molar-refractivity contribution in [2.45, 2.75) is 0 Å². The molecule has 0 saturated carbocycles. The number of hydrogen-bond donors (Lipinski definition) is 0. The van der Waals surface area contributed by atoms with Gasteiger partial charge in [-0.15, -0.1) is 0 Å². The lowest BCUT2D eigenvalue weighted by molar-refractivity contribution is 0.683. The molecule has 1 fully saturated rings. The third-order valence-corrected chi connectivity index (χ3v) is 23.2. The maximum Gasteiger partial charge on any atom is 0.171 e. The molecule has 2 nitrogen and oxygen atoms in total. The SMILES string of the molecule is CS[P+]1([S-])N(C)[P+]([S-])(SC)N1C. The second-order valence-electron chi connectivity index (χ2n) is 2.33. The van der Waals surface area contributed by atoms with Crippen molar-refractivity contribution in [3.63, 3.8) is 0 Å². The standard InChI is InChI=1S/C4H12N2P2S4/c1-5-7(9,11-3)6(2)8(5,10)12-4/h1-4H3. The Bertz CT molecular complexity index is 164. The van der Waals surface area contributed by atoms with Crippen LogP contribution in [-0.4, -0.2) is 35.5 Å². The predicted molar refractivity (Wildman–Crippen MR) is 71.1 cm³/mol. The highest BCUT2D eigenvalue weighted by molar-refractivity contribution is 8.96. The van der Waals surface area contributed by atoms with Crippen LogP contribution in [0, 0.1) is 0 Å². The Balaban J connectivity index is 2.81. The minimum atomic E-state index is -1.45. The first-order chi connectivity index (χ1) is 5.43. The Kier molecular flexibility index (Phi) is 4.06. The number of nitrogens with zero attached hydrogens (tertiary/aromatic N) is 2. The van der Waals surface area contributed by atoms with Gasteiger partial charge < -0.3 is 24.5 Å². The van der Waals surface area contributed by atoms with Crippen LogP contribution in [0.2, 0.25) is 0 Å². The van der Waals surface area contributed by atoms with Gasteiger partial charge in [-0.2, -0.15) is 0 Å². The smallest absolute Gasteiger partial charge is 0.171 e. The minimum Gasteiger partial charge on any atom is -0.498 e. The quantitative estimate of drug-likeness (QED) is 0.562. The predicted octanol–water partition coefficient (Wildman–Crippen LogP) is 3.04. The Labute approximate surface area is 94.3 Å². The zero-order chi connectivity index (χ0) is 9.57.